The molecular weight excluding hydrogens is 390 g/mol. The van der Waals surface area contributed by atoms with E-state index >= 15 is 0 Å². The number of nitrogens with zero attached hydrogens (tertiary/aromatic N) is 2. The van der Waals surface area contributed by atoms with Crippen molar-refractivity contribution in [1.29, 1.82) is 0 Å². The maximum Gasteiger partial charge on any atom is 0.410 e. The summed E-state index contributed by atoms with van der Waals surface area (Å²) in [6.45, 7) is 6.55. The Labute approximate surface area is 181 Å². The zero-order chi connectivity index (χ0) is 22.0. The summed E-state index contributed by atoms with van der Waals surface area (Å²) in [5.74, 6) is -0.219. The quantitative estimate of drug-likeness (QED) is 0.634. The molecule has 1 aromatic heterocycles. The van der Waals surface area contributed by atoms with Gasteiger partial charge in [0.1, 0.15) is 5.60 Å². The molecule has 4 rings (SSSR count). The first kappa shape index (κ1) is 20.6. The highest BCUT2D eigenvalue weighted by atomic mass is 16.6. The standard InChI is InChI=1S/C25H25N3O3/c1-25(2,3)31-24(30)28-15-18-8-6-11-19(21(18)16-28)20-10-4-5-12-22(20)27-23(29)17-9-7-13-26-14-17/h4-14H,15-16H2,1-3H3,(H,27,29). The van der Waals surface area contributed by atoms with Gasteiger partial charge in [-0.2, -0.15) is 0 Å². The Morgan fingerprint density at radius 3 is 2.48 bits per heavy atom. The summed E-state index contributed by atoms with van der Waals surface area (Å²) in [5, 5.41) is 3.00. The first-order chi connectivity index (χ1) is 14.8. The van der Waals surface area contributed by atoms with E-state index < -0.39 is 5.60 Å². The van der Waals surface area contributed by atoms with Crippen LogP contribution in [0.25, 0.3) is 11.1 Å². The highest BCUT2D eigenvalue weighted by molar-refractivity contribution is 6.06. The molecule has 6 nitrogen and oxygen atoms in total. The SMILES string of the molecule is CC(C)(C)OC(=O)N1Cc2cccc(-c3ccccc3NC(=O)c3cccnc3)c2C1. The smallest absolute Gasteiger partial charge is 0.410 e. The van der Waals surface area contributed by atoms with Gasteiger partial charge in [-0.1, -0.05) is 36.4 Å². The molecule has 0 saturated heterocycles. The summed E-state index contributed by atoms with van der Waals surface area (Å²) in [6, 6.07) is 17.2. The van der Waals surface area contributed by atoms with Gasteiger partial charge in [0.15, 0.2) is 0 Å². The van der Waals surface area contributed by atoms with E-state index in [1.807, 2.05) is 63.2 Å². The summed E-state index contributed by atoms with van der Waals surface area (Å²) in [6.07, 6.45) is 2.85. The Morgan fingerprint density at radius 2 is 1.74 bits per heavy atom. The Kier molecular flexibility index (Phi) is 5.46. The zero-order valence-electron chi connectivity index (χ0n) is 17.9. The number of nitrogens with one attached hydrogen (secondary N) is 1. The van der Waals surface area contributed by atoms with Crippen LogP contribution in [-0.2, 0) is 17.8 Å². The molecular formula is C25H25N3O3. The number of hydrogen-bond acceptors (Lipinski definition) is 4. The third-order valence-electron chi connectivity index (χ3n) is 5.02. The largest absolute Gasteiger partial charge is 0.444 e. The molecule has 2 aromatic carbocycles. The van der Waals surface area contributed by atoms with Gasteiger partial charge >= 0.3 is 6.09 Å². The van der Waals surface area contributed by atoms with E-state index in [1.54, 1.807) is 23.2 Å². The number of hydrogen-bond donors (Lipinski definition) is 1. The van der Waals surface area contributed by atoms with Crippen molar-refractivity contribution in [1.82, 2.24) is 9.88 Å². The van der Waals surface area contributed by atoms with Crippen molar-refractivity contribution in [3.05, 3.63) is 83.7 Å². The summed E-state index contributed by atoms with van der Waals surface area (Å²) >= 11 is 0. The Morgan fingerprint density at radius 1 is 0.968 bits per heavy atom. The van der Waals surface area contributed by atoms with Crippen LogP contribution >= 0.6 is 0 Å². The van der Waals surface area contributed by atoms with Crippen molar-refractivity contribution in [2.24, 2.45) is 0 Å². The van der Waals surface area contributed by atoms with Crippen molar-refractivity contribution >= 4 is 17.7 Å². The summed E-state index contributed by atoms with van der Waals surface area (Å²) in [5.41, 5.74) is 4.70. The molecule has 6 heteroatoms. The molecule has 31 heavy (non-hydrogen) atoms. The molecule has 158 valence electrons. The van der Waals surface area contributed by atoms with Crippen LogP contribution in [0.3, 0.4) is 0 Å². The molecule has 3 aromatic rings. The average molecular weight is 415 g/mol. The van der Waals surface area contributed by atoms with Gasteiger partial charge in [0.05, 0.1) is 12.1 Å². The molecule has 0 aliphatic carbocycles. The van der Waals surface area contributed by atoms with E-state index in [4.69, 9.17) is 4.74 Å². The number of aromatic nitrogens is 1. The zero-order valence-corrected chi connectivity index (χ0v) is 17.9. The van der Waals surface area contributed by atoms with E-state index in [2.05, 4.69) is 10.3 Å². The van der Waals surface area contributed by atoms with E-state index in [1.165, 1.54) is 6.20 Å². The van der Waals surface area contributed by atoms with E-state index in [0.717, 1.165) is 22.3 Å². The Bertz CT molecular complexity index is 1120. The van der Waals surface area contributed by atoms with E-state index in [0.29, 0.717) is 24.3 Å². The van der Waals surface area contributed by atoms with Gasteiger partial charge in [-0.25, -0.2) is 4.79 Å². The van der Waals surface area contributed by atoms with Gasteiger partial charge in [-0.3, -0.25) is 14.7 Å². The predicted molar refractivity (Wildman–Crippen MR) is 120 cm³/mol. The van der Waals surface area contributed by atoms with Crippen LogP contribution in [-0.4, -0.2) is 27.5 Å². The van der Waals surface area contributed by atoms with Crippen molar-refractivity contribution in [3.8, 4) is 11.1 Å². The monoisotopic (exact) mass is 415 g/mol. The lowest BCUT2D eigenvalue weighted by Crippen LogP contribution is -2.33. The minimum absolute atomic E-state index is 0.219. The van der Waals surface area contributed by atoms with Gasteiger partial charge in [0.25, 0.3) is 5.91 Å². The van der Waals surface area contributed by atoms with Crippen LogP contribution in [0.5, 0.6) is 0 Å². The van der Waals surface area contributed by atoms with Crippen LogP contribution in [0.15, 0.2) is 67.0 Å². The first-order valence-corrected chi connectivity index (χ1v) is 10.2. The second kappa shape index (κ2) is 8.22. The minimum Gasteiger partial charge on any atom is -0.444 e. The molecule has 2 amide bonds. The maximum absolute atomic E-state index is 12.7. The highest BCUT2D eigenvalue weighted by Gasteiger charge is 2.29. The molecule has 1 N–H and O–H groups in total. The highest BCUT2D eigenvalue weighted by Crippen LogP contribution is 2.36. The topological polar surface area (TPSA) is 71.5 Å². The molecule has 1 aliphatic heterocycles. The maximum atomic E-state index is 12.7. The molecule has 0 unspecified atom stereocenters. The van der Waals surface area contributed by atoms with Gasteiger partial charge in [-0.05, 0) is 55.7 Å². The van der Waals surface area contributed by atoms with Crippen molar-refractivity contribution in [3.63, 3.8) is 0 Å². The number of amides is 2. The predicted octanol–water partition coefficient (Wildman–Crippen LogP) is 5.25. The number of pyridine rings is 1. The number of benzene rings is 2. The number of rotatable bonds is 3. The second-order valence-corrected chi connectivity index (χ2v) is 8.52. The number of carbonyl (C=O) groups is 2. The lowest BCUT2D eigenvalue weighted by Gasteiger charge is -2.24. The number of carbonyl (C=O) groups excluding carboxylic acids is 2. The minimum atomic E-state index is -0.544. The number of para-hydroxylation sites is 1. The summed E-state index contributed by atoms with van der Waals surface area (Å²) in [7, 11) is 0. The Hall–Kier alpha value is -3.67. The van der Waals surface area contributed by atoms with Crippen LogP contribution in [0.1, 0.15) is 42.3 Å². The first-order valence-electron chi connectivity index (χ1n) is 10.2. The fraction of sp³-hybridized carbons (Fsp3) is 0.240. The molecule has 2 heterocycles. The molecule has 0 bridgehead atoms. The van der Waals surface area contributed by atoms with Gasteiger partial charge in [0, 0.05) is 30.2 Å². The molecule has 0 fully saturated rings. The van der Waals surface area contributed by atoms with E-state index in [-0.39, 0.29) is 12.0 Å². The van der Waals surface area contributed by atoms with E-state index in [9.17, 15) is 9.59 Å². The van der Waals surface area contributed by atoms with Crippen LogP contribution < -0.4 is 5.32 Å². The summed E-state index contributed by atoms with van der Waals surface area (Å²) < 4.78 is 5.55. The molecule has 0 atom stereocenters. The van der Waals surface area contributed by atoms with Gasteiger partial charge in [-0.15, -0.1) is 0 Å². The third kappa shape index (κ3) is 4.58. The number of fused-ring (bicyclic) bond motifs is 1. The van der Waals surface area contributed by atoms with Crippen LogP contribution in [0.2, 0.25) is 0 Å². The molecule has 0 saturated carbocycles. The number of ether oxygens (including phenoxy) is 1. The van der Waals surface area contributed by atoms with Crippen LogP contribution in [0, 0.1) is 0 Å². The van der Waals surface area contributed by atoms with Crippen molar-refractivity contribution in [2.45, 2.75) is 39.5 Å². The fourth-order valence-electron chi connectivity index (χ4n) is 3.65. The van der Waals surface area contributed by atoms with Crippen molar-refractivity contribution < 1.29 is 14.3 Å². The number of anilines is 1. The third-order valence-corrected chi connectivity index (χ3v) is 5.02. The average Bonchev–Trinajstić information content (AvgIpc) is 3.18. The van der Waals surface area contributed by atoms with Crippen LogP contribution in [0.4, 0.5) is 10.5 Å². The van der Waals surface area contributed by atoms with Crippen molar-refractivity contribution in [2.75, 3.05) is 5.32 Å². The summed E-state index contributed by atoms with van der Waals surface area (Å²) in [4.78, 5) is 31.0. The lowest BCUT2D eigenvalue weighted by atomic mass is 9.96. The molecule has 0 spiro atoms. The Balaban J connectivity index is 1.63. The van der Waals surface area contributed by atoms with Gasteiger partial charge in [0.2, 0.25) is 0 Å². The molecule has 0 radical (unpaired) electrons. The molecule has 1 aliphatic rings. The second-order valence-electron chi connectivity index (χ2n) is 8.52. The van der Waals surface area contributed by atoms with Gasteiger partial charge < -0.3 is 10.1 Å². The normalized spacial score (nSPS) is 12.9. The lowest BCUT2D eigenvalue weighted by molar-refractivity contribution is 0.0242. The fourth-order valence-corrected chi connectivity index (χ4v) is 3.65.